The van der Waals surface area contributed by atoms with E-state index in [1.807, 2.05) is 6.07 Å². The Kier molecular flexibility index (Phi) is 4.03. The second-order valence-electron chi connectivity index (χ2n) is 3.25. The predicted octanol–water partition coefficient (Wildman–Crippen LogP) is 2.09. The zero-order valence-electron chi connectivity index (χ0n) is 9.14. The van der Waals surface area contributed by atoms with Crippen LogP contribution >= 0.6 is 0 Å². The van der Waals surface area contributed by atoms with Gasteiger partial charge in [0.2, 0.25) is 0 Å². The van der Waals surface area contributed by atoms with Crippen molar-refractivity contribution in [3.63, 3.8) is 0 Å². The maximum atomic E-state index is 11.2. The minimum Gasteiger partial charge on any atom is -0.466 e. The average Bonchev–Trinajstić information content (AvgIpc) is 2.35. The smallest absolute Gasteiger partial charge is 0.336 e. The third kappa shape index (κ3) is 2.38. The van der Waals surface area contributed by atoms with Gasteiger partial charge in [0.05, 0.1) is 12.7 Å². The third-order valence-electron chi connectivity index (χ3n) is 2.29. The number of rotatable bonds is 4. The Bertz CT molecular complexity index is 421. The van der Waals surface area contributed by atoms with Crippen LogP contribution < -0.4 is 0 Å². The van der Waals surface area contributed by atoms with Crippen molar-refractivity contribution in [2.24, 2.45) is 0 Å². The van der Waals surface area contributed by atoms with Crippen LogP contribution in [0.1, 0.15) is 17.2 Å². The first kappa shape index (κ1) is 12.2. The molecule has 0 saturated heterocycles. The molecule has 1 aromatic carbocycles. The van der Waals surface area contributed by atoms with E-state index in [2.05, 4.69) is 17.9 Å². The lowest BCUT2D eigenvalue weighted by Crippen LogP contribution is -2.12. The summed E-state index contributed by atoms with van der Waals surface area (Å²) in [6.45, 7) is 7.16. The first-order valence-corrected chi connectivity index (χ1v) is 4.78. The summed E-state index contributed by atoms with van der Waals surface area (Å²) < 4.78 is 4.50. The predicted molar refractivity (Wildman–Crippen MR) is 62.6 cm³/mol. The normalized spacial score (nSPS) is 11.6. The highest BCUT2D eigenvalue weighted by molar-refractivity contribution is 5.89. The number of aliphatic hydroxyl groups excluding tert-OH is 1. The molecular weight excluding hydrogens is 204 g/mol. The van der Waals surface area contributed by atoms with Crippen molar-refractivity contribution in [3.8, 4) is 0 Å². The Balaban J connectivity index is 3.04. The molecule has 0 heterocycles. The summed E-state index contributed by atoms with van der Waals surface area (Å²) in [5.41, 5.74) is 1.37. The van der Waals surface area contributed by atoms with Crippen LogP contribution in [0.4, 0.5) is 0 Å². The lowest BCUT2D eigenvalue weighted by atomic mass is 9.97. The van der Waals surface area contributed by atoms with Crippen LogP contribution in [0.25, 0.3) is 6.08 Å². The van der Waals surface area contributed by atoms with E-state index < -0.39 is 12.1 Å². The van der Waals surface area contributed by atoms with E-state index in [1.54, 1.807) is 24.3 Å². The molecule has 0 amide bonds. The summed E-state index contributed by atoms with van der Waals surface area (Å²) in [7, 11) is 1.25. The van der Waals surface area contributed by atoms with Gasteiger partial charge in [0.15, 0.2) is 0 Å². The highest BCUT2D eigenvalue weighted by atomic mass is 16.5. The summed E-state index contributed by atoms with van der Waals surface area (Å²) >= 11 is 0. The number of methoxy groups -OCH3 is 1. The van der Waals surface area contributed by atoms with Crippen molar-refractivity contribution in [2.75, 3.05) is 7.11 Å². The lowest BCUT2D eigenvalue weighted by molar-refractivity contribution is -0.137. The molecule has 1 rings (SSSR count). The van der Waals surface area contributed by atoms with Gasteiger partial charge >= 0.3 is 5.97 Å². The maximum absolute atomic E-state index is 11.2. The van der Waals surface area contributed by atoms with Crippen LogP contribution in [0.15, 0.2) is 43.0 Å². The average molecular weight is 218 g/mol. The molecule has 0 aromatic heterocycles. The monoisotopic (exact) mass is 218 g/mol. The van der Waals surface area contributed by atoms with Gasteiger partial charge in [-0.15, -0.1) is 0 Å². The minimum atomic E-state index is -1.07. The van der Waals surface area contributed by atoms with Crippen LogP contribution in [0.3, 0.4) is 0 Å². The zero-order chi connectivity index (χ0) is 12.1. The number of carbonyl (C=O) groups is 1. The second-order valence-corrected chi connectivity index (χ2v) is 3.25. The van der Waals surface area contributed by atoms with Crippen LogP contribution in [-0.4, -0.2) is 18.2 Å². The molecule has 3 heteroatoms. The Morgan fingerprint density at radius 3 is 2.69 bits per heavy atom. The van der Waals surface area contributed by atoms with Gasteiger partial charge in [-0.2, -0.15) is 0 Å². The van der Waals surface area contributed by atoms with Gasteiger partial charge in [-0.1, -0.05) is 43.5 Å². The molecule has 0 aliphatic heterocycles. The molecule has 0 radical (unpaired) electrons. The highest BCUT2D eigenvalue weighted by Crippen LogP contribution is 2.25. The highest BCUT2D eigenvalue weighted by Gasteiger charge is 2.20. The first-order valence-electron chi connectivity index (χ1n) is 4.78. The third-order valence-corrected chi connectivity index (χ3v) is 2.29. The number of ether oxygens (including phenoxy) is 1. The molecule has 1 atom stereocenters. The van der Waals surface area contributed by atoms with E-state index in [1.165, 1.54) is 7.11 Å². The lowest BCUT2D eigenvalue weighted by Gasteiger charge is -2.14. The second kappa shape index (κ2) is 5.28. The summed E-state index contributed by atoms with van der Waals surface area (Å²) in [4.78, 5) is 11.2. The van der Waals surface area contributed by atoms with Gasteiger partial charge in [-0.25, -0.2) is 4.79 Å². The number of aliphatic hydroxyl groups is 1. The molecule has 0 spiro atoms. The summed E-state index contributed by atoms with van der Waals surface area (Å²) in [5.74, 6) is -0.619. The fraction of sp³-hybridized carbons (Fsp3) is 0.154. The fourth-order valence-corrected chi connectivity index (χ4v) is 1.38. The van der Waals surface area contributed by atoms with Crippen molar-refractivity contribution in [1.82, 2.24) is 0 Å². The van der Waals surface area contributed by atoms with E-state index in [4.69, 9.17) is 0 Å². The fourth-order valence-electron chi connectivity index (χ4n) is 1.38. The standard InChI is InChI=1S/C13H14O3/c1-4-10-7-5-6-8-11(10)12(14)9(2)13(15)16-3/h4-8,12,14H,1-2H2,3H3. The molecule has 1 N–H and O–H groups in total. The minimum absolute atomic E-state index is 0.0109. The molecule has 0 fully saturated rings. The first-order chi connectivity index (χ1) is 7.61. The summed E-state index contributed by atoms with van der Waals surface area (Å²) in [5, 5.41) is 9.95. The largest absolute Gasteiger partial charge is 0.466 e. The van der Waals surface area contributed by atoms with Crippen LogP contribution in [-0.2, 0) is 9.53 Å². The molecule has 84 valence electrons. The van der Waals surface area contributed by atoms with Gasteiger partial charge in [-0.05, 0) is 11.1 Å². The van der Waals surface area contributed by atoms with E-state index in [0.717, 1.165) is 5.56 Å². The molecule has 3 nitrogen and oxygen atoms in total. The van der Waals surface area contributed by atoms with E-state index in [9.17, 15) is 9.90 Å². The Labute approximate surface area is 94.7 Å². The van der Waals surface area contributed by atoms with Crippen LogP contribution in [0, 0.1) is 0 Å². The quantitative estimate of drug-likeness (QED) is 0.621. The van der Waals surface area contributed by atoms with Crippen molar-refractivity contribution in [2.45, 2.75) is 6.10 Å². The molecule has 0 aliphatic rings. The van der Waals surface area contributed by atoms with Crippen molar-refractivity contribution >= 4 is 12.0 Å². The van der Waals surface area contributed by atoms with Crippen molar-refractivity contribution < 1.29 is 14.6 Å². The Hall–Kier alpha value is -1.87. The zero-order valence-corrected chi connectivity index (χ0v) is 9.14. The Morgan fingerprint density at radius 2 is 2.12 bits per heavy atom. The molecule has 0 aliphatic carbocycles. The topological polar surface area (TPSA) is 46.5 Å². The van der Waals surface area contributed by atoms with E-state index in [0.29, 0.717) is 5.56 Å². The number of esters is 1. The molecule has 1 unspecified atom stereocenters. The van der Waals surface area contributed by atoms with Crippen molar-refractivity contribution in [1.29, 1.82) is 0 Å². The van der Waals surface area contributed by atoms with Gasteiger partial charge in [0.1, 0.15) is 6.10 Å². The molecule has 0 saturated carbocycles. The molecule has 1 aromatic rings. The SMILES string of the molecule is C=Cc1ccccc1C(O)C(=C)C(=O)OC. The molecule has 0 bridgehead atoms. The van der Waals surface area contributed by atoms with Gasteiger partial charge in [-0.3, -0.25) is 0 Å². The number of benzene rings is 1. The van der Waals surface area contributed by atoms with Crippen molar-refractivity contribution in [3.05, 3.63) is 54.1 Å². The molecule has 16 heavy (non-hydrogen) atoms. The number of hydrogen-bond donors (Lipinski definition) is 1. The van der Waals surface area contributed by atoms with Gasteiger partial charge in [0.25, 0.3) is 0 Å². The number of hydrogen-bond acceptors (Lipinski definition) is 3. The summed E-state index contributed by atoms with van der Waals surface area (Å²) in [6.07, 6.45) is 0.546. The van der Waals surface area contributed by atoms with Crippen LogP contribution in [0.2, 0.25) is 0 Å². The van der Waals surface area contributed by atoms with Gasteiger partial charge in [0, 0.05) is 0 Å². The van der Waals surface area contributed by atoms with E-state index in [-0.39, 0.29) is 5.57 Å². The van der Waals surface area contributed by atoms with E-state index >= 15 is 0 Å². The van der Waals surface area contributed by atoms with Gasteiger partial charge < -0.3 is 9.84 Å². The summed E-state index contributed by atoms with van der Waals surface area (Å²) in [6, 6.07) is 7.12. The number of carbonyl (C=O) groups excluding carboxylic acids is 1. The van der Waals surface area contributed by atoms with Crippen LogP contribution in [0.5, 0.6) is 0 Å². The Morgan fingerprint density at radius 1 is 1.50 bits per heavy atom. The maximum Gasteiger partial charge on any atom is 0.336 e. The molecular formula is C13H14O3.